The van der Waals surface area contributed by atoms with Crippen LogP contribution < -0.4 is 5.32 Å². The fraction of sp³-hybridized carbons (Fsp3) is 0.417. The van der Waals surface area contributed by atoms with Gasteiger partial charge in [0.05, 0.1) is 11.0 Å². The van der Waals surface area contributed by atoms with Crippen LogP contribution in [-0.4, -0.2) is 28.4 Å². The topological polar surface area (TPSA) is 72.2 Å². The molecule has 1 fully saturated rings. The van der Waals surface area contributed by atoms with E-state index in [-0.39, 0.29) is 4.75 Å². The zero-order valence-corrected chi connectivity index (χ0v) is 11.4. The number of amides is 1. The molecule has 0 saturated heterocycles. The lowest BCUT2D eigenvalue weighted by Gasteiger charge is -2.13. The Kier molecular flexibility index (Phi) is 3.94. The molecule has 2 rings (SSSR count). The minimum absolute atomic E-state index is 0.0248. The number of carbonyl (C=O) groups excluding carboxylic acids is 1. The Labute approximate surface area is 117 Å². The number of benzene rings is 1. The van der Waals surface area contributed by atoms with Crippen molar-refractivity contribution in [2.75, 3.05) is 12.8 Å². The number of hydrogen-bond acceptors (Lipinski definition) is 4. The van der Waals surface area contributed by atoms with E-state index in [0.29, 0.717) is 18.7 Å². The highest BCUT2D eigenvalue weighted by Crippen LogP contribution is 2.46. The van der Waals surface area contributed by atoms with E-state index in [1.165, 1.54) is 0 Å². The standard InChI is InChI=1S/C12H12F2N2O3S/c1-20-12(2-3-12)6-15-11(17)7-4-8(13)9(14)5-10(7)16(18)19/h4-5H,2-3,6H2,1H3,(H,15,17). The summed E-state index contributed by atoms with van der Waals surface area (Å²) in [5.74, 6) is -3.40. The molecule has 1 amide bonds. The van der Waals surface area contributed by atoms with Gasteiger partial charge in [-0.05, 0) is 25.2 Å². The third-order valence-electron chi connectivity index (χ3n) is 3.29. The Morgan fingerprint density at radius 3 is 2.55 bits per heavy atom. The SMILES string of the molecule is CSC1(CNC(=O)c2cc(F)c(F)cc2[N+](=O)[O-])CC1. The van der Waals surface area contributed by atoms with E-state index in [9.17, 15) is 23.7 Å². The summed E-state index contributed by atoms with van der Waals surface area (Å²) in [6, 6.07) is 0.979. The number of nitrogens with one attached hydrogen (secondary N) is 1. The normalized spacial score (nSPS) is 15.8. The zero-order valence-electron chi connectivity index (χ0n) is 10.6. The Bertz CT molecular complexity index is 576. The predicted octanol–water partition coefficient (Wildman–Crippen LogP) is 2.50. The second-order valence-corrected chi connectivity index (χ2v) is 5.88. The summed E-state index contributed by atoms with van der Waals surface area (Å²) in [5, 5.41) is 13.3. The highest BCUT2D eigenvalue weighted by Gasteiger charge is 2.42. The second-order valence-electron chi connectivity index (χ2n) is 4.61. The maximum absolute atomic E-state index is 13.2. The van der Waals surface area contributed by atoms with E-state index < -0.39 is 33.7 Å². The molecular weight excluding hydrogens is 290 g/mol. The minimum atomic E-state index is -1.35. The van der Waals surface area contributed by atoms with E-state index in [0.717, 1.165) is 12.8 Å². The average Bonchev–Trinajstić information content (AvgIpc) is 3.19. The Morgan fingerprint density at radius 2 is 2.05 bits per heavy atom. The molecule has 1 saturated carbocycles. The van der Waals surface area contributed by atoms with Crippen molar-refractivity contribution in [3.8, 4) is 0 Å². The quantitative estimate of drug-likeness (QED) is 0.670. The summed E-state index contributed by atoms with van der Waals surface area (Å²) in [5.41, 5.74) is -1.21. The number of nitrogens with zero attached hydrogens (tertiary/aromatic N) is 1. The fourth-order valence-corrected chi connectivity index (χ4v) is 2.53. The van der Waals surface area contributed by atoms with Crippen LogP contribution in [0.3, 0.4) is 0 Å². The van der Waals surface area contributed by atoms with Gasteiger partial charge in [0.1, 0.15) is 5.56 Å². The smallest absolute Gasteiger partial charge is 0.285 e. The molecule has 1 N–H and O–H groups in total. The Balaban J connectivity index is 2.20. The largest absolute Gasteiger partial charge is 0.350 e. The third-order valence-corrected chi connectivity index (χ3v) is 4.71. The lowest BCUT2D eigenvalue weighted by molar-refractivity contribution is -0.385. The van der Waals surface area contributed by atoms with Crippen LogP contribution in [-0.2, 0) is 0 Å². The first-order chi connectivity index (χ1) is 9.38. The molecule has 0 bridgehead atoms. The predicted molar refractivity (Wildman–Crippen MR) is 70.8 cm³/mol. The van der Waals surface area contributed by atoms with Crippen molar-refractivity contribution in [3.05, 3.63) is 39.4 Å². The van der Waals surface area contributed by atoms with Crippen LogP contribution in [0, 0.1) is 21.7 Å². The molecule has 0 unspecified atom stereocenters. The van der Waals surface area contributed by atoms with Crippen LogP contribution in [0.4, 0.5) is 14.5 Å². The van der Waals surface area contributed by atoms with Crippen LogP contribution in [0.15, 0.2) is 12.1 Å². The molecule has 1 aromatic carbocycles. The van der Waals surface area contributed by atoms with Crippen molar-refractivity contribution in [1.29, 1.82) is 0 Å². The summed E-state index contributed by atoms with van der Waals surface area (Å²) in [4.78, 5) is 21.8. The molecule has 1 aliphatic carbocycles. The van der Waals surface area contributed by atoms with Gasteiger partial charge in [0.25, 0.3) is 11.6 Å². The maximum Gasteiger partial charge on any atom is 0.285 e. The summed E-state index contributed by atoms with van der Waals surface area (Å²) in [6.07, 6.45) is 3.82. The van der Waals surface area contributed by atoms with E-state index in [2.05, 4.69) is 5.32 Å². The molecular formula is C12H12F2N2O3S. The Hall–Kier alpha value is -1.70. The number of thioether (sulfide) groups is 1. The number of halogens is 2. The van der Waals surface area contributed by atoms with Gasteiger partial charge < -0.3 is 5.32 Å². The molecule has 0 atom stereocenters. The number of hydrogen-bond donors (Lipinski definition) is 1. The summed E-state index contributed by atoms with van der Waals surface area (Å²) in [6.45, 7) is 0.350. The van der Waals surface area contributed by atoms with Crippen LogP contribution >= 0.6 is 11.8 Å². The van der Waals surface area contributed by atoms with Crippen molar-refractivity contribution in [2.45, 2.75) is 17.6 Å². The first-order valence-electron chi connectivity index (χ1n) is 5.85. The number of nitro groups is 1. The molecule has 1 aliphatic rings. The molecule has 0 aromatic heterocycles. The van der Waals surface area contributed by atoms with Gasteiger partial charge in [-0.1, -0.05) is 0 Å². The lowest BCUT2D eigenvalue weighted by Crippen LogP contribution is -2.32. The lowest BCUT2D eigenvalue weighted by atomic mass is 10.1. The first kappa shape index (κ1) is 14.7. The number of rotatable bonds is 5. The van der Waals surface area contributed by atoms with Gasteiger partial charge in [-0.15, -0.1) is 0 Å². The van der Waals surface area contributed by atoms with Crippen molar-refractivity contribution >= 4 is 23.4 Å². The summed E-state index contributed by atoms with van der Waals surface area (Å²) in [7, 11) is 0. The van der Waals surface area contributed by atoms with Gasteiger partial charge in [0.15, 0.2) is 11.6 Å². The molecule has 0 radical (unpaired) electrons. The average molecular weight is 302 g/mol. The van der Waals surface area contributed by atoms with Gasteiger partial charge in [-0.3, -0.25) is 14.9 Å². The molecule has 1 aromatic rings. The van der Waals surface area contributed by atoms with E-state index in [4.69, 9.17) is 0 Å². The monoisotopic (exact) mass is 302 g/mol. The molecule has 5 nitrogen and oxygen atoms in total. The van der Waals surface area contributed by atoms with E-state index >= 15 is 0 Å². The molecule has 0 aliphatic heterocycles. The second kappa shape index (κ2) is 5.35. The summed E-state index contributed by atoms with van der Waals surface area (Å²) >= 11 is 1.61. The van der Waals surface area contributed by atoms with Crippen LogP contribution in [0.25, 0.3) is 0 Å². The highest BCUT2D eigenvalue weighted by molar-refractivity contribution is 8.00. The first-order valence-corrected chi connectivity index (χ1v) is 7.08. The van der Waals surface area contributed by atoms with E-state index in [1.807, 2.05) is 6.26 Å². The summed E-state index contributed by atoms with van der Waals surface area (Å²) < 4.78 is 26.1. The van der Waals surface area contributed by atoms with Crippen molar-refractivity contribution < 1.29 is 18.5 Å². The highest BCUT2D eigenvalue weighted by atomic mass is 32.2. The number of carbonyl (C=O) groups is 1. The minimum Gasteiger partial charge on any atom is -0.350 e. The zero-order chi connectivity index (χ0) is 14.9. The van der Waals surface area contributed by atoms with Crippen molar-refractivity contribution in [1.82, 2.24) is 5.32 Å². The van der Waals surface area contributed by atoms with Crippen molar-refractivity contribution in [2.24, 2.45) is 0 Å². The van der Waals surface area contributed by atoms with Gasteiger partial charge >= 0.3 is 0 Å². The van der Waals surface area contributed by atoms with Gasteiger partial charge in [-0.25, -0.2) is 8.78 Å². The molecule has 20 heavy (non-hydrogen) atoms. The third kappa shape index (κ3) is 2.90. The Morgan fingerprint density at radius 1 is 1.45 bits per heavy atom. The van der Waals surface area contributed by atoms with Gasteiger partial charge in [0, 0.05) is 11.3 Å². The molecule has 0 spiro atoms. The molecule has 108 valence electrons. The van der Waals surface area contributed by atoms with Gasteiger partial charge in [-0.2, -0.15) is 11.8 Å². The van der Waals surface area contributed by atoms with Gasteiger partial charge in [0.2, 0.25) is 0 Å². The fourth-order valence-electron chi connectivity index (χ4n) is 1.80. The van der Waals surface area contributed by atoms with Crippen LogP contribution in [0.5, 0.6) is 0 Å². The molecule has 0 heterocycles. The van der Waals surface area contributed by atoms with Crippen LogP contribution in [0.1, 0.15) is 23.2 Å². The maximum atomic E-state index is 13.2. The van der Waals surface area contributed by atoms with Crippen molar-refractivity contribution in [3.63, 3.8) is 0 Å². The van der Waals surface area contributed by atoms with E-state index in [1.54, 1.807) is 11.8 Å². The van der Waals surface area contributed by atoms with Crippen LogP contribution in [0.2, 0.25) is 0 Å². The molecule has 8 heteroatoms. The number of nitro benzene ring substituents is 1.